The SMILES string of the molecule is COc1ccc(-c2noc(CN(C(=O)c3cccc([N+](=O)[O-])c3C)C3CCCCC3)n2)cc1. The number of benzene rings is 2. The highest BCUT2D eigenvalue weighted by atomic mass is 16.6. The number of hydrogen-bond donors (Lipinski definition) is 0. The first kappa shape index (κ1) is 22.4. The van der Waals surface area contributed by atoms with Crippen molar-refractivity contribution >= 4 is 11.6 Å². The van der Waals surface area contributed by atoms with Gasteiger partial charge in [-0.2, -0.15) is 4.98 Å². The van der Waals surface area contributed by atoms with E-state index >= 15 is 0 Å². The molecule has 1 aromatic heterocycles. The molecule has 0 saturated heterocycles. The van der Waals surface area contributed by atoms with Crippen LogP contribution in [-0.4, -0.2) is 39.0 Å². The molecule has 2 aromatic carbocycles. The van der Waals surface area contributed by atoms with Gasteiger partial charge in [0.2, 0.25) is 11.7 Å². The van der Waals surface area contributed by atoms with Gasteiger partial charge in [-0.3, -0.25) is 14.9 Å². The highest BCUT2D eigenvalue weighted by Gasteiger charge is 2.30. The zero-order valence-corrected chi connectivity index (χ0v) is 18.7. The maximum atomic E-state index is 13.6. The molecule has 1 heterocycles. The van der Waals surface area contributed by atoms with Crippen molar-refractivity contribution in [2.45, 2.75) is 51.6 Å². The molecule has 9 nitrogen and oxygen atoms in total. The number of nitro benzene ring substituents is 1. The normalized spacial score (nSPS) is 14.1. The van der Waals surface area contributed by atoms with Gasteiger partial charge in [0.15, 0.2) is 0 Å². The lowest BCUT2D eigenvalue weighted by Gasteiger charge is -2.33. The Morgan fingerprint density at radius 2 is 1.91 bits per heavy atom. The molecule has 1 amide bonds. The van der Waals surface area contributed by atoms with E-state index in [0.717, 1.165) is 43.4 Å². The minimum Gasteiger partial charge on any atom is -0.497 e. The predicted octanol–water partition coefficient (Wildman–Crippen LogP) is 4.94. The van der Waals surface area contributed by atoms with Crippen LogP contribution in [0.15, 0.2) is 47.0 Å². The van der Waals surface area contributed by atoms with E-state index in [1.807, 2.05) is 24.3 Å². The molecule has 0 bridgehead atoms. The van der Waals surface area contributed by atoms with Crippen molar-refractivity contribution < 1.29 is 19.0 Å². The van der Waals surface area contributed by atoms with E-state index in [1.54, 1.807) is 31.1 Å². The quantitative estimate of drug-likeness (QED) is 0.370. The second kappa shape index (κ2) is 9.81. The molecule has 3 aromatic rings. The molecule has 0 unspecified atom stereocenters. The van der Waals surface area contributed by atoms with Crippen LogP contribution in [0.3, 0.4) is 0 Å². The Balaban J connectivity index is 1.62. The highest BCUT2D eigenvalue weighted by Crippen LogP contribution is 2.29. The van der Waals surface area contributed by atoms with E-state index in [1.165, 1.54) is 6.07 Å². The van der Waals surface area contributed by atoms with Crippen LogP contribution in [-0.2, 0) is 6.54 Å². The Bertz CT molecular complexity index is 1140. The van der Waals surface area contributed by atoms with E-state index < -0.39 is 4.92 Å². The van der Waals surface area contributed by atoms with Gasteiger partial charge >= 0.3 is 0 Å². The Labute approximate surface area is 191 Å². The van der Waals surface area contributed by atoms with Crippen LogP contribution in [0.5, 0.6) is 5.75 Å². The molecule has 172 valence electrons. The lowest BCUT2D eigenvalue weighted by molar-refractivity contribution is -0.385. The van der Waals surface area contributed by atoms with Crippen molar-refractivity contribution in [2.75, 3.05) is 7.11 Å². The molecule has 0 atom stereocenters. The summed E-state index contributed by atoms with van der Waals surface area (Å²) < 4.78 is 10.7. The van der Waals surface area contributed by atoms with Gasteiger partial charge in [0.25, 0.3) is 11.6 Å². The smallest absolute Gasteiger partial charge is 0.273 e. The first-order valence-corrected chi connectivity index (χ1v) is 11.0. The third-order valence-electron chi connectivity index (χ3n) is 6.13. The van der Waals surface area contributed by atoms with Crippen molar-refractivity contribution in [3.63, 3.8) is 0 Å². The Morgan fingerprint density at radius 1 is 1.18 bits per heavy atom. The van der Waals surface area contributed by atoms with Crippen LogP contribution in [0.1, 0.15) is 53.9 Å². The van der Waals surface area contributed by atoms with Crippen molar-refractivity contribution in [1.82, 2.24) is 15.0 Å². The summed E-state index contributed by atoms with van der Waals surface area (Å²) in [5, 5.41) is 15.4. The molecule has 4 rings (SSSR count). The van der Waals surface area contributed by atoms with Gasteiger partial charge in [-0.25, -0.2) is 0 Å². The molecule has 1 saturated carbocycles. The van der Waals surface area contributed by atoms with Crippen molar-refractivity contribution in [3.05, 3.63) is 69.6 Å². The second-order valence-corrected chi connectivity index (χ2v) is 8.17. The van der Waals surface area contributed by atoms with Crippen LogP contribution in [0.4, 0.5) is 5.69 Å². The number of aromatic nitrogens is 2. The van der Waals surface area contributed by atoms with Crippen LogP contribution in [0, 0.1) is 17.0 Å². The highest BCUT2D eigenvalue weighted by molar-refractivity contribution is 5.96. The number of nitrogens with zero attached hydrogens (tertiary/aromatic N) is 4. The van der Waals surface area contributed by atoms with E-state index in [0.29, 0.717) is 22.8 Å². The molecule has 1 aliphatic rings. The van der Waals surface area contributed by atoms with Gasteiger partial charge < -0.3 is 14.2 Å². The maximum Gasteiger partial charge on any atom is 0.273 e. The fourth-order valence-electron chi connectivity index (χ4n) is 4.29. The minimum atomic E-state index is -0.462. The lowest BCUT2D eigenvalue weighted by atomic mass is 9.93. The van der Waals surface area contributed by atoms with Gasteiger partial charge in [0.05, 0.1) is 12.0 Å². The van der Waals surface area contributed by atoms with Gasteiger partial charge in [-0.1, -0.05) is 30.5 Å². The van der Waals surface area contributed by atoms with E-state index in [4.69, 9.17) is 9.26 Å². The predicted molar refractivity (Wildman–Crippen MR) is 121 cm³/mol. The first-order chi connectivity index (χ1) is 16.0. The third kappa shape index (κ3) is 4.87. The molecule has 0 radical (unpaired) electrons. The van der Waals surface area contributed by atoms with Gasteiger partial charge in [-0.05, 0) is 50.1 Å². The zero-order valence-electron chi connectivity index (χ0n) is 18.7. The van der Waals surface area contributed by atoms with Crippen LogP contribution >= 0.6 is 0 Å². The summed E-state index contributed by atoms with van der Waals surface area (Å²) >= 11 is 0. The standard InChI is InChI=1S/C24H26N4O5/c1-16-20(9-6-10-21(16)28(30)31)24(29)27(18-7-4-3-5-8-18)15-22-25-23(26-33-22)17-11-13-19(32-2)14-12-17/h6,9-14,18H,3-5,7-8,15H2,1-2H3. The maximum absolute atomic E-state index is 13.6. The number of hydrogen-bond acceptors (Lipinski definition) is 7. The van der Waals surface area contributed by atoms with E-state index in [-0.39, 0.29) is 24.2 Å². The van der Waals surface area contributed by atoms with Crippen molar-refractivity contribution in [1.29, 1.82) is 0 Å². The average Bonchev–Trinajstić information content (AvgIpc) is 3.31. The number of rotatable bonds is 7. The van der Waals surface area contributed by atoms with Crippen LogP contribution in [0.25, 0.3) is 11.4 Å². The number of carbonyl (C=O) groups excluding carboxylic acids is 1. The number of amides is 1. The first-order valence-electron chi connectivity index (χ1n) is 11.0. The fraction of sp³-hybridized carbons (Fsp3) is 0.375. The Kier molecular flexibility index (Phi) is 6.67. The van der Waals surface area contributed by atoms with Gasteiger partial charge in [-0.15, -0.1) is 0 Å². The largest absolute Gasteiger partial charge is 0.497 e. The molecular formula is C24H26N4O5. The molecule has 0 spiro atoms. The monoisotopic (exact) mass is 450 g/mol. The van der Waals surface area contributed by atoms with Gasteiger partial charge in [0.1, 0.15) is 12.3 Å². The van der Waals surface area contributed by atoms with Crippen LogP contribution < -0.4 is 4.74 Å². The van der Waals surface area contributed by atoms with Crippen LogP contribution in [0.2, 0.25) is 0 Å². The summed E-state index contributed by atoms with van der Waals surface area (Å²) in [6.07, 6.45) is 4.95. The topological polar surface area (TPSA) is 112 Å². The van der Waals surface area contributed by atoms with E-state index in [2.05, 4.69) is 10.1 Å². The molecule has 0 N–H and O–H groups in total. The molecule has 33 heavy (non-hydrogen) atoms. The third-order valence-corrected chi connectivity index (χ3v) is 6.13. The zero-order chi connectivity index (χ0) is 23.4. The minimum absolute atomic E-state index is 0.0150. The summed E-state index contributed by atoms with van der Waals surface area (Å²) in [5.74, 6) is 1.22. The van der Waals surface area contributed by atoms with Crippen molar-refractivity contribution in [3.8, 4) is 17.1 Å². The second-order valence-electron chi connectivity index (χ2n) is 8.17. The summed E-state index contributed by atoms with van der Waals surface area (Å²) in [4.78, 5) is 30.7. The summed E-state index contributed by atoms with van der Waals surface area (Å²) in [6.45, 7) is 1.76. The molecule has 9 heteroatoms. The molecular weight excluding hydrogens is 424 g/mol. The Morgan fingerprint density at radius 3 is 2.58 bits per heavy atom. The van der Waals surface area contributed by atoms with Gasteiger partial charge in [0, 0.05) is 28.8 Å². The molecule has 0 aliphatic heterocycles. The summed E-state index contributed by atoms with van der Waals surface area (Å²) in [6, 6.07) is 11.9. The average molecular weight is 450 g/mol. The summed E-state index contributed by atoms with van der Waals surface area (Å²) in [5.41, 5.74) is 1.39. The number of nitro groups is 1. The summed E-state index contributed by atoms with van der Waals surface area (Å²) in [7, 11) is 1.60. The number of methoxy groups -OCH3 is 1. The number of ether oxygens (including phenoxy) is 1. The van der Waals surface area contributed by atoms with Crippen molar-refractivity contribution in [2.24, 2.45) is 0 Å². The number of carbonyl (C=O) groups is 1. The Hall–Kier alpha value is -3.75. The van der Waals surface area contributed by atoms with E-state index in [9.17, 15) is 14.9 Å². The molecule has 1 fully saturated rings. The molecule has 1 aliphatic carbocycles. The fourth-order valence-corrected chi connectivity index (χ4v) is 4.29. The lowest BCUT2D eigenvalue weighted by Crippen LogP contribution is -2.41.